The number of hydrogen-bond acceptors (Lipinski definition) is 8. The second-order valence-corrected chi connectivity index (χ2v) is 11.8. The number of carbonyl (C=O) groups is 1. The van der Waals surface area contributed by atoms with Crippen molar-refractivity contribution in [2.24, 2.45) is 0 Å². The van der Waals surface area contributed by atoms with Gasteiger partial charge in [-0.3, -0.25) is 9.36 Å². The van der Waals surface area contributed by atoms with E-state index in [2.05, 4.69) is 5.10 Å². The van der Waals surface area contributed by atoms with Gasteiger partial charge in [-0.05, 0) is 29.8 Å². The fraction of sp³-hybridized carbons (Fsp3) is 0.419. The van der Waals surface area contributed by atoms with Crippen LogP contribution in [-0.2, 0) is 16.0 Å². The number of piperidine rings is 1. The van der Waals surface area contributed by atoms with Crippen molar-refractivity contribution in [3.63, 3.8) is 0 Å². The van der Waals surface area contributed by atoms with Crippen LogP contribution in [0.5, 0.6) is 11.8 Å². The molecule has 2 aromatic heterocycles. The number of amides is 1. The molecule has 4 aromatic rings. The van der Waals surface area contributed by atoms with E-state index in [-0.39, 0.29) is 54.5 Å². The number of nitrogens with zero attached hydrogens (tertiary/aromatic N) is 5. The molecule has 0 N–H and O–H groups in total. The van der Waals surface area contributed by atoms with E-state index < -0.39 is 6.55 Å². The lowest BCUT2D eigenvalue weighted by Crippen LogP contribution is -2.44. The van der Waals surface area contributed by atoms with Crippen LogP contribution >= 0.6 is 11.6 Å². The van der Waals surface area contributed by atoms with E-state index in [1.807, 2.05) is 12.1 Å². The highest BCUT2D eigenvalue weighted by Crippen LogP contribution is 2.37. The number of aromatic nitrogens is 4. The summed E-state index contributed by atoms with van der Waals surface area (Å²) in [6.07, 6.45) is 4.08. The molecule has 2 atom stereocenters. The second kappa shape index (κ2) is 12.3. The van der Waals surface area contributed by atoms with Gasteiger partial charge in [-0.1, -0.05) is 23.7 Å². The number of benzene rings is 2. The number of rotatable bonds is 8. The van der Waals surface area contributed by atoms with Gasteiger partial charge in [0.15, 0.2) is 0 Å². The Balaban J connectivity index is 1.32. The molecule has 236 valence electrons. The molecule has 11 nitrogen and oxygen atoms in total. The summed E-state index contributed by atoms with van der Waals surface area (Å²) < 4.78 is 52.5. The Morgan fingerprint density at radius 1 is 1.04 bits per heavy atom. The maximum Gasteiger partial charge on any atom is 0.410 e. The van der Waals surface area contributed by atoms with Gasteiger partial charge in [0.1, 0.15) is 24.6 Å². The van der Waals surface area contributed by atoms with Gasteiger partial charge >= 0.3 is 12.6 Å². The van der Waals surface area contributed by atoms with E-state index in [9.17, 15) is 18.4 Å². The highest BCUT2D eigenvalue weighted by atomic mass is 35.5. The SMILES string of the molecule is O=C1OC[C@@H]2C[C@@H](Oc3cc4c(=O)n(Cc5ccc(Cl)cc5)c(OC5CCOCC5)nc4cc3-c3cnn(C(F)F)c3)CCN12. The Hall–Kier alpha value is -4.23. The summed E-state index contributed by atoms with van der Waals surface area (Å²) in [6.45, 7) is -0.824. The Morgan fingerprint density at radius 3 is 2.60 bits per heavy atom. The molecule has 0 spiro atoms. The summed E-state index contributed by atoms with van der Waals surface area (Å²) in [5.74, 6) is 0.329. The molecule has 45 heavy (non-hydrogen) atoms. The Kier molecular flexibility index (Phi) is 8.04. The molecule has 0 radical (unpaired) electrons. The lowest BCUT2D eigenvalue weighted by Gasteiger charge is -2.33. The number of ether oxygens (including phenoxy) is 4. The first-order chi connectivity index (χ1) is 21.8. The monoisotopic (exact) mass is 641 g/mol. The molecule has 0 bridgehead atoms. The van der Waals surface area contributed by atoms with Gasteiger partial charge in [0.25, 0.3) is 11.6 Å². The molecule has 0 aliphatic carbocycles. The average molecular weight is 642 g/mol. The van der Waals surface area contributed by atoms with E-state index in [0.29, 0.717) is 77.5 Å². The lowest BCUT2D eigenvalue weighted by molar-refractivity contribution is 0.0198. The number of cyclic esters (lactones) is 1. The quantitative estimate of drug-likeness (QED) is 0.256. The summed E-state index contributed by atoms with van der Waals surface area (Å²) in [5, 5.41) is 4.66. The van der Waals surface area contributed by atoms with E-state index in [0.717, 1.165) is 5.56 Å². The van der Waals surface area contributed by atoms with Crippen molar-refractivity contribution in [1.82, 2.24) is 24.2 Å². The minimum absolute atomic E-state index is 0.120. The van der Waals surface area contributed by atoms with E-state index in [1.54, 1.807) is 29.2 Å². The summed E-state index contributed by atoms with van der Waals surface area (Å²) in [7, 11) is 0. The molecule has 1 amide bonds. The fourth-order valence-electron chi connectivity index (χ4n) is 6.03. The smallest absolute Gasteiger partial charge is 0.410 e. The van der Waals surface area contributed by atoms with Gasteiger partial charge < -0.3 is 23.8 Å². The molecule has 3 saturated heterocycles. The van der Waals surface area contributed by atoms with Crippen LogP contribution in [-0.4, -0.2) is 74.9 Å². The van der Waals surface area contributed by atoms with Crippen LogP contribution in [0.25, 0.3) is 22.0 Å². The van der Waals surface area contributed by atoms with Crippen molar-refractivity contribution in [3.05, 3.63) is 69.7 Å². The van der Waals surface area contributed by atoms with Gasteiger partial charge in [0.05, 0.1) is 42.9 Å². The summed E-state index contributed by atoms with van der Waals surface area (Å²) in [5.41, 5.74) is 1.64. The average Bonchev–Trinajstić information content (AvgIpc) is 3.68. The standard InChI is InChI=1S/C31H30ClF2N5O6/c32-20-3-1-18(2-4-20)15-38-28(40)25-13-27(44-23-5-8-37-21(11-23)17-43-31(37)41)24(19-14-35-39(16-19)29(33)34)12-26(25)36-30(38)45-22-6-9-42-10-7-22/h1-4,12-14,16,21-23,29H,5-11,15,17H2/t21-,23-/m0/s1. The van der Waals surface area contributed by atoms with E-state index in [1.165, 1.54) is 17.0 Å². The molecule has 14 heteroatoms. The van der Waals surface area contributed by atoms with Crippen molar-refractivity contribution < 1.29 is 32.5 Å². The predicted molar refractivity (Wildman–Crippen MR) is 159 cm³/mol. The summed E-state index contributed by atoms with van der Waals surface area (Å²) >= 11 is 6.10. The van der Waals surface area contributed by atoms with Crippen molar-refractivity contribution >= 4 is 28.6 Å². The number of carbonyl (C=O) groups excluding carboxylic acids is 1. The number of fused-ring (bicyclic) bond motifs is 2. The third kappa shape index (κ3) is 6.06. The van der Waals surface area contributed by atoms with Crippen LogP contribution in [0.4, 0.5) is 13.6 Å². The van der Waals surface area contributed by atoms with Gasteiger partial charge in [0.2, 0.25) is 0 Å². The molecular formula is C31H30ClF2N5O6. The van der Waals surface area contributed by atoms with Crippen molar-refractivity contribution in [2.75, 3.05) is 26.4 Å². The normalized spacial score (nSPS) is 20.4. The van der Waals surface area contributed by atoms with Crippen molar-refractivity contribution in [2.45, 2.75) is 57.0 Å². The van der Waals surface area contributed by atoms with Crippen LogP contribution in [0, 0.1) is 0 Å². The van der Waals surface area contributed by atoms with Crippen LogP contribution in [0.15, 0.2) is 53.6 Å². The second-order valence-electron chi connectivity index (χ2n) is 11.4. The summed E-state index contributed by atoms with van der Waals surface area (Å²) in [4.78, 5) is 32.7. The van der Waals surface area contributed by atoms with Gasteiger partial charge in [-0.15, -0.1) is 0 Å². The van der Waals surface area contributed by atoms with E-state index in [4.69, 9.17) is 35.5 Å². The zero-order valence-electron chi connectivity index (χ0n) is 24.1. The molecule has 0 saturated carbocycles. The molecular weight excluding hydrogens is 612 g/mol. The third-order valence-corrected chi connectivity index (χ3v) is 8.67. The predicted octanol–water partition coefficient (Wildman–Crippen LogP) is 5.28. The largest absolute Gasteiger partial charge is 0.490 e. The zero-order valence-corrected chi connectivity index (χ0v) is 24.9. The van der Waals surface area contributed by atoms with Gasteiger partial charge in [-0.2, -0.15) is 18.9 Å². The Morgan fingerprint density at radius 2 is 1.84 bits per heavy atom. The van der Waals surface area contributed by atoms with Crippen LogP contribution < -0.4 is 15.0 Å². The van der Waals surface area contributed by atoms with Crippen molar-refractivity contribution in [1.29, 1.82) is 0 Å². The molecule has 0 unspecified atom stereocenters. The molecule has 3 fully saturated rings. The first-order valence-electron chi connectivity index (χ1n) is 14.8. The minimum Gasteiger partial charge on any atom is -0.490 e. The summed E-state index contributed by atoms with van der Waals surface area (Å²) in [6, 6.07) is 10.5. The van der Waals surface area contributed by atoms with Gasteiger partial charge in [-0.25, -0.2) is 9.48 Å². The highest BCUT2D eigenvalue weighted by molar-refractivity contribution is 6.30. The lowest BCUT2D eigenvalue weighted by atomic mass is 10.0. The first-order valence-corrected chi connectivity index (χ1v) is 15.2. The minimum atomic E-state index is -2.83. The topological polar surface area (TPSA) is 110 Å². The first kappa shape index (κ1) is 29.5. The molecule has 5 heterocycles. The van der Waals surface area contributed by atoms with Crippen LogP contribution in [0.1, 0.15) is 37.8 Å². The maximum atomic E-state index is 14.2. The molecule has 7 rings (SSSR count). The fourth-order valence-corrected chi connectivity index (χ4v) is 6.16. The van der Waals surface area contributed by atoms with E-state index >= 15 is 0 Å². The number of halogens is 3. The highest BCUT2D eigenvalue weighted by Gasteiger charge is 2.39. The number of hydrogen-bond donors (Lipinski definition) is 0. The Labute approximate surface area is 261 Å². The maximum absolute atomic E-state index is 14.2. The third-order valence-electron chi connectivity index (χ3n) is 8.42. The molecule has 2 aromatic carbocycles. The number of alkyl halides is 2. The van der Waals surface area contributed by atoms with Crippen molar-refractivity contribution in [3.8, 4) is 22.9 Å². The molecule has 3 aliphatic rings. The Bertz CT molecular complexity index is 1770. The van der Waals surface area contributed by atoms with Crippen LogP contribution in [0.2, 0.25) is 5.02 Å². The molecule has 3 aliphatic heterocycles. The van der Waals surface area contributed by atoms with Gasteiger partial charge in [0, 0.05) is 54.6 Å². The van der Waals surface area contributed by atoms with Crippen LogP contribution in [0.3, 0.4) is 0 Å². The zero-order chi connectivity index (χ0) is 31.1.